The number of anilines is 2. The maximum Gasteiger partial charge on any atom is 0.273 e. The second kappa shape index (κ2) is 6.13. The fraction of sp³-hybridized carbons (Fsp3) is 0.200. The Bertz CT molecular complexity index is 658. The topological polar surface area (TPSA) is 81.6 Å². The first-order valence-corrected chi connectivity index (χ1v) is 6.38. The van der Waals surface area contributed by atoms with Gasteiger partial charge in [-0.3, -0.25) is 10.1 Å². The third kappa shape index (κ3) is 3.62. The Balaban J connectivity index is 2.23. The van der Waals surface area contributed by atoms with Crippen LogP contribution < -0.4 is 15.4 Å². The molecule has 21 heavy (non-hydrogen) atoms. The van der Waals surface area contributed by atoms with Crippen LogP contribution in [0.5, 0.6) is 5.75 Å². The molecule has 2 rings (SSSR count). The van der Waals surface area contributed by atoms with Gasteiger partial charge in [0.15, 0.2) is 0 Å². The van der Waals surface area contributed by atoms with Crippen LogP contribution in [0.15, 0.2) is 42.5 Å². The lowest BCUT2D eigenvalue weighted by molar-refractivity contribution is -0.384. The Morgan fingerprint density at radius 3 is 2.71 bits per heavy atom. The lowest BCUT2D eigenvalue weighted by Crippen LogP contribution is -2.16. The molecule has 0 fully saturated rings. The molecule has 2 aromatic carbocycles. The summed E-state index contributed by atoms with van der Waals surface area (Å²) in [5, 5.41) is 10.9. The maximum absolute atomic E-state index is 10.9. The van der Waals surface area contributed by atoms with Crippen LogP contribution in [-0.2, 0) is 6.54 Å². The first-order chi connectivity index (χ1) is 9.99. The van der Waals surface area contributed by atoms with E-state index in [0.29, 0.717) is 17.9 Å². The smallest absolute Gasteiger partial charge is 0.273 e. The predicted octanol–water partition coefficient (Wildman–Crippen LogP) is 2.82. The maximum atomic E-state index is 10.9. The van der Waals surface area contributed by atoms with Gasteiger partial charge in [0, 0.05) is 37.1 Å². The average Bonchev–Trinajstić information content (AvgIpc) is 2.46. The highest BCUT2D eigenvalue weighted by Gasteiger charge is 2.11. The molecule has 0 bridgehead atoms. The molecular formula is C15H17N3O3. The van der Waals surface area contributed by atoms with Crippen molar-refractivity contribution in [3.63, 3.8) is 0 Å². The zero-order valence-electron chi connectivity index (χ0n) is 11.9. The molecule has 0 amide bonds. The standard InChI is InChI=1S/C15H17N3O3/c1-17(10-11-4-3-5-15(6-11)21-2)13-7-12(16)8-14(9-13)18(19)20/h3-9H,10,16H2,1-2H3. The van der Waals surface area contributed by atoms with Gasteiger partial charge in [0.1, 0.15) is 5.75 Å². The van der Waals surface area contributed by atoms with Crippen LogP contribution in [0.1, 0.15) is 5.56 Å². The highest BCUT2D eigenvalue weighted by Crippen LogP contribution is 2.26. The van der Waals surface area contributed by atoms with Gasteiger partial charge in [0.05, 0.1) is 12.0 Å². The summed E-state index contributed by atoms with van der Waals surface area (Å²) in [6, 6.07) is 12.3. The van der Waals surface area contributed by atoms with Gasteiger partial charge in [-0.15, -0.1) is 0 Å². The SMILES string of the molecule is COc1cccc(CN(C)c2cc(N)cc([N+](=O)[O-])c2)c1. The molecule has 0 spiro atoms. The van der Waals surface area contributed by atoms with Gasteiger partial charge in [-0.1, -0.05) is 12.1 Å². The molecule has 6 heteroatoms. The van der Waals surface area contributed by atoms with Gasteiger partial charge < -0.3 is 15.4 Å². The van der Waals surface area contributed by atoms with Crippen LogP contribution in [0, 0.1) is 10.1 Å². The second-order valence-corrected chi connectivity index (χ2v) is 4.75. The van der Waals surface area contributed by atoms with Gasteiger partial charge in [0.2, 0.25) is 0 Å². The van der Waals surface area contributed by atoms with Crippen molar-refractivity contribution in [3.8, 4) is 5.75 Å². The highest BCUT2D eigenvalue weighted by molar-refractivity contribution is 5.62. The van der Waals surface area contributed by atoms with Crippen LogP contribution in [0.2, 0.25) is 0 Å². The number of ether oxygens (including phenoxy) is 1. The van der Waals surface area contributed by atoms with Gasteiger partial charge in [-0.25, -0.2) is 0 Å². The number of nitrogens with two attached hydrogens (primary N) is 1. The van der Waals surface area contributed by atoms with E-state index in [1.807, 2.05) is 36.2 Å². The molecule has 2 aromatic rings. The number of nitro groups is 1. The van der Waals surface area contributed by atoms with Crippen molar-refractivity contribution >= 4 is 17.1 Å². The van der Waals surface area contributed by atoms with Crippen LogP contribution in [-0.4, -0.2) is 19.1 Å². The van der Waals surface area contributed by atoms with Gasteiger partial charge in [0.25, 0.3) is 5.69 Å². The lowest BCUT2D eigenvalue weighted by atomic mass is 10.2. The molecule has 0 aliphatic carbocycles. The van der Waals surface area contributed by atoms with Gasteiger partial charge >= 0.3 is 0 Å². The van der Waals surface area contributed by atoms with E-state index in [9.17, 15) is 10.1 Å². The van der Waals surface area contributed by atoms with Crippen LogP contribution in [0.4, 0.5) is 17.1 Å². The molecule has 0 aliphatic heterocycles. The molecule has 0 radical (unpaired) electrons. The summed E-state index contributed by atoms with van der Waals surface area (Å²) >= 11 is 0. The first kappa shape index (κ1) is 14.6. The van der Waals surface area contributed by atoms with Crippen molar-refractivity contribution < 1.29 is 9.66 Å². The molecule has 0 saturated heterocycles. The Morgan fingerprint density at radius 2 is 2.05 bits per heavy atom. The summed E-state index contributed by atoms with van der Waals surface area (Å²) in [4.78, 5) is 12.3. The zero-order valence-corrected chi connectivity index (χ0v) is 11.9. The van der Waals surface area contributed by atoms with E-state index in [1.165, 1.54) is 12.1 Å². The Hall–Kier alpha value is -2.76. The minimum Gasteiger partial charge on any atom is -0.497 e. The fourth-order valence-electron chi connectivity index (χ4n) is 2.08. The Morgan fingerprint density at radius 1 is 1.29 bits per heavy atom. The fourth-order valence-corrected chi connectivity index (χ4v) is 2.08. The van der Waals surface area contributed by atoms with Crippen molar-refractivity contribution in [3.05, 3.63) is 58.1 Å². The summed E-state index contributed by atoms with van der Waals surface area (Å²) < 4.78 is 5.18. The normalized spacial score (nSPS) is 10.2. The number of nitro benzene ring substituents is 1. The largest absolute Gasteiger partial charge is 0.497 e. The monoisotopic (exact) mass is 287 g/mol. The number of rotatable bonds is 5. The van der Waals surface area contributed by atoms with Crippen LogP contribution in [0.3, 0.4) is 0 Å². The number of benzene rings is 2. The Kier molecular flexibility index (Phi) is 4.27. The zero-order chi connectivity index (χ0) is 15.4. The van der Waals surface area contributed by atoms with Crippen molar-refractivity contribution in [2.24, 2.45) is 0 Å². The molecule has 110 valence electrons. The quantitative estimate of drug-likeness (QED) is 0.519. The van der Waals surface area contributed by atoms with Crippen LogP contribution >= 0.6 is 0 Å². The van der Waals surface area contributed by atoms with E-state index in [4.69, 9.17) is 10.5 Å². The van der Waals surface area contributed by atoms with Gasteiger partial charge in [-0.2, -0.15) is 0 Å². The second-order valence-electron chi connectivity index (χ2n) is 4.75. The summed E-state index contributed by atoms with van der Waals surface area (Å²) in [6.07, 6.45) is 0. The molecule has 0 heterocycles. The number of hydrogen-bond donors (Lipinski definition) is 1. The molecule has 0 aromatic heterocycles. The van der Waals surface area contributed by atoms with Crippen LogP contribution in [0.25, 0.3) is 0 Å². The van der Waals surface area contributed by atoms with E-state index >= 15 is 0 Å². The Labute approximate surface area is 122 Å². The van der Waals surface area contributed by atoms with Crippen molar-refractivity contribution in [2.75, 3.05) is 24.8 Å². The van der Waals surface area contributed by atoms with Crippen molar-refractivity contribution in [2.45, 2.75) is 6.54 Å². The molecule has 6 nitrogen and oxygen atoms in total. The summed E-state index contributed by atoms with van der Waals surface area (Å²) in [7, 11) is 3.47. The first-order valence-electron chi connectivity index (χ1n) is 6.38. The summed E-state index contributed by atoms with van der Waals surface area (Å²) in [6.45, 7) is 0.595. The molecule has 0 unspecified atom stereocenters. The molecule has 2 N–H and O–H groups in total. The van der Waals surface area contributed by atoms with E-state index in [-0.39, 0.29) is 5.69 Å². The third-order valence-electron chi connectivity index (χ3n) is 3.13. The lowest BCUT2D eigenvalue weighted by Gasteiger charge is -2.20. The number of nitrogens with zero attached hydrogens (tertiary/aromatic N) is 2. The molecule has 0 aliphatic rings. The third-order valence-corrected chi connectivity index (χ3v) is 3.13. The van der Waals surface area contributed by atoms with E-state index in [1.54, 1.807) is 13.2 Å². The number of nitrogen functional groups attached to an aromatic ring is 1. The highest BCUT2D eigenvalue weighted by atomic mass is 16.6. The molecule has 0 saturated carbocycles. The van der Waals surface area contributed by atoms with Gasteiger partial charge in [-0.05, 0) is 23.8 Å². The number of methoxy groups -OCH3 is 1. The predicted molar refractivity (Wildman–Crippen MR) is 82.6 cm³/mol. The minimum absolute atomic E-state index is 0.0116. The van der Waals surface area contributed by atoms with E-state index < -0.39 is 4.92 Å². The summed E-state index contributed by atoms with van der Waals surface area (Å²) in [5.41, 5.74) is 7.83. The number of non-ortho nitro benzene ring substituents is 1. The molecule has 0 atom stereocenters. The summed E-state index contributed by atoms with van der Waals surface area (Å²) in [5.74, 6) is 0.777. The minimum atomic E-state index is -0.445. The molecular weight excluding hydrogens is 270 g/mol. The number of hydrogen-bond acceptors (Lipinski definition) is 5. The average molecular weight is 287 g/mol. The van der Waals surface area contributed by atoms with E-state index in [0.717, 1.165) is 11.3 Å². The van der Waals surface area contributed by atoms with Crippen molar-refractivity contribution in [1.29, 1.82) is 0 Å². The van der Waals surface area contributed by atoms with Crippen molar-refractivity contribution in [1.82, 2.24) is 0 Å². The van der Waals surface area contributed by atoms with E-state index in [2.05, 4.69) is 0 Å².